The molecule has 2 heterocycles. The lowest BCUT2D eigenvalue weighted by atomic mass is 9.74. The Morgan fingerprint density at radius 3 is 1.66 bits per heavy atom. The van der Waals surface area contributed by atoms with E-state index in [1.807, 2.05) is 109 Å². The van der Waals surface area contributed by atoms with E-state index in [4.69, 9.17) is 19.7 Å². The summed E-state index contributed by atoms with van der Waals surface area (Å²) in [5.74, 6) is 2.54. The fraction of sp³-hybridized carbons (Fsp3) is 0.0196. The van der Waals surface area contributed by atoms with Gasteiger partial charge in [0.05, 0.1) is 11.6 Å². The van der Waals surface area contributed by atoms with Gasteiger partial charge in [-0.3, -0.25) is 0 Å². The number of nitriles is 1. The van der Waals surface area contributed by atoms with Crippen LogP contribution in [0.2, 0.25) is 0 Å². The predicted molar refractivity (Wildman–Crippen MR) is 223 cm³/mol. The first kappa shape index (κ1) is 32.9. The third-order valence-corrected chi connectivity index (χ3v) is 10.6. The molecule has 5 heteroatoms. The van der Waals surface area contributed by atoms with Crippen molar-refractivity contribution in [1.82, 2.24) is 15.0 Å². The summed E-state index contributed by atoms with van der Waals surface area (Å²) in [7, 11) is 0. The Kier molecular flexibility index (Phi) is 8.01. The first-order valence-electron chi connectivity index (χ1n) is 18.6. The molecule has 56 heavy (non-hydrogen) atoms. The summed E-state index contributed by atoms with van der Waals surface area (Å²) in [5.41, 5.74) is 9.23. The maximum absolute atomic E-state index is 9.97. The molecule has 0 fully saturated rings. The van der Waals surface area contributed by atoms with Gasteiger partial charge in [0, 0.05) is 38.9 Å². The highest BCUT2D eigenvalue weighted by Crippen LogP contribution is 2.52. The Labute approximate surface area is 324 Å². The Morgan fingerprint density at radius 2 is 0.964 bits per heavy atom. The molecule has 1 aliphatic heterocycles. The highest BCUT2D eigenvalue weighted by Gasteiger charge is 2.44. The summed E-state index contributed by atoms with van der Waals surface area (Å²) in [4.78, 5) is 15.1. The molecule has 10 rings (SSSR count). The third kappa shape index (κ3) is 5.69. The Bertz CT molecular complexity index is 2920. The SMILES string of the molecule is N#Cc1ccc2c(c1)-c1ccc(-c3cccc(-c4nc(-c5ccccc5)nc(-c5ccc6ccccc6c5)n4)c3)cc1OC2(c1ccccc1)c1ccccc1. The van der Waals surface area contributed by atoms with Crippen LogP contribution in [0.1, 0.15) is 22.3 Å². The van der Waals surface area contributed by atoms with Gasteiger partial charge in [0.15, 0.2) is 23.1 Å². The first-order valence-corrected chi connectivity index (χ1v) is 18.6. The van der Waals surface area contributed by atoms with Gasteiger partial charge >= 0.3 is 0 Å². The molecule has 0 radical (unpaired) electrons. The van der Waals surface area contributed by atoms with Crippen molar-refractivity contribution in [2.75, 3.05) is 0 Å². The van der Waals surface area contributed by atoms with Crippen LogP contribution in [0.4, 0.5) is 0 Å². The molecule has 0 saturated heterocycles. The Balaban J connectivity index is 1.11. The topological polar surface area (TPSA) is 71.7 Å². The van der Waals surface area contributed by atoms with E-state index in [1.165, 1.54) is 0 Å². The molecular formula is C51H32N4O. The van der Waals surface area contributed by atoms with E-state index in [2.05, 4.69) is 91.0 Å². The summed E-state index contributed by atoms with van der Waals surface area (Å²) in [6.07, 6.45) is 0. The van der Waals surface area contributed by atoms with Crippen LogP contribution in [0.25, 0.3) is 67.2 Å². The highest BCUT2D eigenvalue weighted by molar-refractivity contribution is 5.87. The normalized spacial score (nSPS) is 12.6. The van der Waals surface area contributed by atoms with Gasteiger partial charge in [-0.25, -0.2) is 15.0 Å². The van der Waals surface area contributed by atoms with Gasteiger partial charge in [-0.2, -0.15) is 5.26 Å². The lowest BCUT2D eigenvalue weighted by Crippen LogP contribution is -2.38. The minimum absolute atomic E-state index is 0.586. The molecule has 1 aliphatic rings. The van der Waals surface area contributed by atoms with Gasteiger partial charge in [0.1, 0.15) is 5.75 Å². The maximum Gasteiger partial charge on any atom is 0.185 e. The van der Waals surface area contributed by atoms with Crippen molar-refractivity contribution in [1.29, 1.82) is 5.26 Å². The second-order valence-electron chi connectivity index (χ2n) is 13.9. The molecule has 1 aromatic heterocycles. The minimum Gasteiger partial charge on any atom is -0.472 e. The highest BCUT2D eigenvalue weighted by atomic mass is 16.5. The van der Waals surface area contributed by atoms with Gasteiger partial charge < -0.3 is 4.74 Å². The molecule has 0 spiro atoms. The summed E-state index contributed by atoms with van der Waals surface area (Å²) in [6, 6.07) is 68.2. The van der Waals surface area contributed by atoms with Crippen LogP contribution in [0.15, 0.2) is 194 Å². The first-order chi connectivity index (χ1) is 27.7. The van der Waals surface area contributed by atoms with Gasteiger partial charge in [-0.05, 0) is 57.8 Å². The average molecular weight is 717 g/mol. The molecule has 0 saturated carbocycles. The van der Waals surface area contributed by atoms with Crippen molar-refractivity contribution in [2.45, 2.75) is 5.60 Å². The zero-order valence-electron chi connectivity index (χ0n) is 30.2. The van der Waals surface area contributed by atoms with Crippen molar-refractivity contribution < 1.29 is 4.74 Å². The average Bonchev–Trinajstić information content (AvgIpc) is 3.29. The molecule has 5 nitrogen and oxygen atoms in total. The van der Waals surface area contributed by atoms with Gasteiger partial charge in [-0.15, -0.1) is 0 Å². The van der Waals surface area contributed by atoms with Crippen molar-refractivity contribution in [3.63, 3.8) is 0 Å². The van der Waals surface area contributed by atoms with Crippen molar-refractivity contribution in [2.24, 2.45) is 0 Å². The van der Waals surface area contributed by atoms with E-state index < -0.39 is 5.60 Å². The van der Waals surface area contributed by atoms with E-state index in [9.17, 15) is 5.26 Å². The molecular weight excluding hydrogens is 685 g/mol. The number of hydrogen-bond donors (Lipinski definition) is 0. The predicted octanol–water partition coefficient (Wildman–Crippen LogP) is 11.9. The van der Waals surface area contributed by atoms with Crippen LogP contribution in [-0.4, -0.2) is 15.0 Å². The standard InChI is InChI=1S/C51H32N4O/c52-33-34-23-28-46-45(29-34)44-27-26-39(32-47(44)56-51(46,42-19-6-2-7-20-42)43-21-8-3-9-22-43)38-17-12-18-40(31-38)49-53-48(36-14-4-1-5-15-36)54-50(55-49)41-25-24-35-13-10-11-16-37(35)30-41/h1-32H. The van der Waals surface area contributed by atoms with E-state index in [1.54, 1.807) is 0 Å². The quantitative estimate of drug-likeness (QED) is 0.171. The molecule has 8 aromatic carbocycles. The third-order valence-electron chi connectivity index (χ3n) is 10.6. The van der Waals surface area contributed by atoms with Crippen LogP contribution >= 0.6 is 0 Å². The molecule has 0 amide bonds. The number of aromatic nitrogens is 3. The van der Waals surface area contributed by atoms with Gasteiger partial charge in [0.25, 0.3) is 0 Å². The van der Waals surface area contributed by atoms with Gasteiger partial charge in [0.2, 0.25) is 0 Å². The molecule has 9 aromatic rings. The van der Waals surface area contributed by atoms with Crippen LogP contribution in [-0.2, 0) is 5.60 Å². The number of hydrogen-bond acceptors (Lipinski definition) is 5. The second-order valence-corrected chi connectivity index (χ2v) is 13.9. The molecule has 0 N–H and O–H groups in total. The fourth-order valence-corrected chi connectivity index (χ4v) is 7.83. The fourth-order valence-electron chi connectivity index (χ4n) is 7.83. The van der Waals surface area contributed by atoms with Crippen molar-refractivity contribution in [3.05, 3.63) is 216 Å². The lowest BCUT2D eigenvalue weighted by Gasteiger charge is -2.41. The van der Waals surface area contributed by atoms with E-state index >= 15 is 0 Å². The Hall–Kier alpha value is -7.68. The number of benzene rings is 8. The largest absolute Gasteiger partial charge is 0.472 e. The van der Waals surface area contributed by atoms with Crippen LogP contribution in [0.3, 0.4) is 0 Å². The zero-order chi connectivity index (χ0) is 37.5. The zero-order valence-corrected chi connectivity index (χ0v) is 30.2. The molecule has 0 unspecified atom stereocenters. The monoisotopic (exact) mass is 716 g/mol. The van der Waals surface area contributed by atoms with E-state index in [-0.39, 0.29) is 0 Å². The molecule has 0 aliphatic carbocycles. The molecule has 0 atom stereocenters. The maximum atomic E-state index is 9.97. The summed E-state index contributed by atoms with van der Waals surface area (Å²) in [6.45, 7) is 0. The summed E-state index contributed by atoms with van der Waals surface area (Å²) < 4.78 is 7.31. The number of nitrogens with zero attached hydrogens (tertiary/aromatic N) is 4. The lowest BCUT2D eigenvalue weighted by molar-refractivity contribution is 0.152. The van der Waals surface area contributed by atoms with Crippen LogP contribution < -0.4 is 4.74 Å². The van der Waals surface area contributed by atoms with Gasteiger partial charge in [-0.1, -0.05) is 164 Å². The number of ether oxygens (including phenoxy) is 1. The summed E-state index contributed by atoms with van der Waals surface area (Å²) in [5, 5.41) is 12.3. The number of rotatable bonds is 6. The Morgan fingerprint density at radius 1 is 0.411 bits per heavy atom. The summed E-state index contributed by atoms with van der Waals surface area (Å²) >= 11 is 0. The van der Waals surface area contributed by atoms with E-state index in [0.29, 0.717) is 23.0 Å². The molecule has 0 bridgehead atoms. The second kappa shape index (κ2) is 13.6. The van der Waals surface area contributed by atoms with Crippen LogP contribution in [0.5, 0.6) is 5.75 Å². The number of fused-ring (bicyclic) bond motifs is 4. The minimum atomic E-state index is -0.947. The van der Waals surface area contributed by atoms with Crippen LogP contribution in [0, 0.1) is 11.3 Å². The smallest absolute Gasteiger partial charge is 0.185 e. The molecule has 262 valence electrons. The van der Waals surface area contributed by atoms with E-state index in [0.717, 1.165) is 72.2 Å². The van der Waals surface area contributed by atoms with Crippen molar-refractivity contribution in [3.8, 4) is 68.2 Å². The van der Waals surface area contributed by atoms with Crippen molar-refractivity contribution >= 4 is 10.8 Å².